The molecular weight excluding hydrogens is 357 g/mol. The number of halogens is 1. The van der Waals surface area contributed by atoms with Crippen LogP contribution in [0.4, 0.5) is 4.39 Å². The monoisotopic (exact) mass is 377 g/mol. The maximum Gasteiger partial charge on any atom is 0.269 e. The molecule has 0 spiro atoms. The van der Waals surface area contributed by atoms with Crippen molar-refractivity contribution in [3.05, 3.63) is 59.4 Å². The summed E-state index contributed by atoms with van der Waals surface area (Å²) in [5.41, 5.74) is 6.36. The molecule has 6 nitrogen and oxygen atoms in total. The first-order valence-corrected chi connectivity index (χ1v) is 8.33. The highest BCUT2D eigenvalue weighted by Crippen LogP contribution is 2.27. The fourth-order valence-electron chi connectivity index (χ4n) is 2.10. The number of hydrogen-bond acceptors (Lipinski definition) is 4. The molecule has 26 heavy (non-hydrogen) atoms. The van der Waals surface area contributed by atoms with E-state index in [0.717, 1.165) is 5.56 Å². The molecule has 138 valence electrons. The van der Waals surface area contributed by atoms with Crippen LogP contribution in [0.1, 0.15) is 22.8 Å². The molecule has 8 heteroatoms. The third kappa shape index (κ3) is 5.59. The molecule has 1 amide bonds. The average molecular weight is 377 g/mol. The summed E-state index contributed by atoms with van der Waals surface area (Å²) in [6, 6.07) is 10.9. The van der Waals surface area contributed by atoms with E-state index in [4.69, 9.17) is 21.7 Å². The summed E-state index contributed by atoms with van der Waals surface area (Å²) < 4.78 is 23.5. The van der Waals surface area contributed by atoms with Crippen LogP contribution in [0.3, 0.4) is 0 Å². The number of carbonyl (C=O) groups is 1. The van der Waals surface area contributed by atoms with Crippen LogP contribution >= 0.6 is 12.2 Å². The molecule has 0 aliphatic carbocycles. The van der Waals surface area contributed by atoms with Crippen molar-refractivity contribution < 1.29 is 18.7 Å². The standard InChI is InChI=1S/C18H20FN3O3S/c1-3-25-15-9-6-13(10-16(15)24-2)17(23)21-22-18(26)20-11-12-4-7-14(19)8-5-12/h4-10H,3,11H2,1-2H3,(H,21,23)(H2,20,22,26). The Kier molecular flexibility index (Phi) is 7.16. The molecule has 0 saturated carbocycles. The Hall–Kier alpha value is -2.87. The molecule has 3 N–H and O–H groups in total. The van der Waals surface area contributed by atoms with Gasteiger partial charge in [0.2, 0.25) is 0 Å². The number of methoxy groups -OCH3 is 1. The number of carbonyl (C=O) groups excluding carboxylic acids is 1. The normalized spacial score (nSPS) is 9.96. The predicted molar refractivity (Wildman–Crippen MR) is 101 cm³/mol. The van der Waals surface area contributed by atoms with Gasteiger partial charge in [-0.3, -0.25) is 15.6 Å². The zero-order chi connectivity index (χ0) is 18.9. The lowest BCUT2D eigenvalue weighted by molar-refractivity contribution is 0.0943. The number of rotatable bonds is 6. The Labute approximate surface area is 156 Å². The fraction of sp³-hybridized carbons (Fsp3) is 0.222. The van der Waals surface area contributed by atoms with Gasteiger partial charge in [-0.15, -0.1) is 0 Å². The fourth-order valence-corrected chi connectivity index (χ4v) is 2.22. The number of nitrogens with one attached hydrogen (secondary N) is 3. The number of hydrazine groups is 1. The van der Waals surface area contributed by atoms with Gasteiger partial charge in [-0.2, -0.15) is 0 Å². The second-order valence-corrected chi connectivity index (χ2v) is 5.60. The molecule has 0 aromatic heterocycles. The molecule has 0 heterocycles. The molecule has 0 bridgehead atoms. The molecular formula is C18H20FN3O3S. The average Bonchev–Trinajstić information content (AvgIpc) is 2.66. The van der Waals surface area contributed by atoms with Crippen LogP contribution in [-0.2, 0) is 6.54 Å². The van der Waals surface area contributed by atoms with Gasteiger partial charge in [0.15, 0.2) is 16.6 Å². The molecule has 2 aromatic carbocycles. The largest absolute Gasteiger partial charge is 0.493 e. The lowest BCUT2D eigenvalue weighted by atomic mass is 10.2. The molecule has 0 fully saturated rings. The second-order valence-electron chi connectivity index (χ2n) is 5.19. The van der Waals surface area contributed by atoms with Gasteiger partial charge >= 0.3 is 0 Å². The first kappa shape index (κ1) is 19.5. The van der Waals surface area contributed by atoms with Gasteiger partial charge in [0.1, 0.15) is 5.82 Å². The van der Waals surface area contributed by atoms with Gasteiger partial charge in [-0.25, -0.2) is 4.39 Å². The quantitative estimate of drug-likeness (QED) is 0.531. The molecule has 0 aliphatic heterocycles. The second kappa shape index (κ2) is 9.57. The number of amides is 1. The van der Waals surface area contributed by atoms with Gasteiger partial charge < -0.3 is 14.8 Å². The van der Waals surface area contributed by atoms with Crippen molar-refractivity contribution in [3.8, 4) is 11.5 Å². The summed E-state index contributed by atoms with van der Waals surface area (Å²) in [4.78, 5) is 12.2. The van der Waals surface area contributed by atoms with E-state index in [2.05, 4.69) is 16.2 Å². The first-order chi connectivity index (χ1) is 12.5. The Balaban J connectivity index is 1.85. The van der Waals surface area contributed by atoms with Crippen molar-refractivity contribution in [1.29, 1.82) is 0 Å². The highest BCUT2D eigenvalue weighted by molar-refractivity contribution is 7.80. The van der Waals surface area contributed by atoms with Crippen molar-refractivity contribution in [2.45, 2.75) is 13.5 Å². The highest BCUT2D eigenvalue weighted by Gasteiger charge is 2.11. The van der Waals surface area contributed by atoms with Crippen LogP contribution in [0.5, 0.6) is 11.5 Å². The zero-order valence-electron chi connectivity index (χ0n) is 14.5. The van der Waals surface area contributed by atoms with Gasteiger partial charge in [-0.05, 0) is 55.0 Å². The van der Waals surface area contributed by atoms with Gasteiger partial charge in [0, 0.05) is 12.1 Å². The van der Waals surface area contributed by atoms with Gasteiger partial charge in [-0.1, -0.05) is 12.1 Å². The molecule has 0 atom stereocenters. The van der Waals surface area contributed by atoms with E-state index in [1.807, 2.05) is 6.92 Å². The van der Waals surface area contributed by atoms with E-state index in [1.165, 1.54) is 19.2 Å². The minimum Gasteiger partial charge on any atom is -0.493 e. The van der Waals surface area contributed by atoms with E-state index < -0.39 is 0 Å². The van der Waals surface area contributed by atoms with Crippen LogP contribution in [0.15, 0.2) is 42.5 Å². The third-order valence-corrected chi connectivity index (χ3v) is 3.63. The SMILES string of the molecule is CCOc1ccc(C(=O)NNC(=S)NCc2ccc(F)cc2)cc1OC. The molecule has 2 aromatic rings. The smallest absolute Gasteiger partial charge is 0.269 e. The zero-order valence-corrected chi connectivity index (χ0v) is 15.3. The maximum atomic E-state index is 12.9. The van der Waals surface area contributed by atoms with Crippen LogP contribution in [-0.4, -0.2) is 24.7 Å². The van der Waals surface area contributed by atoms with Crippen molar-refractivity contribution in [2.75, 3.05) is 13.7 Å². The minimum absolute atomic E-state index is 0.237. The summed E-state index contributed by atoms with van der Waals surface area (Å²) in [6.07, 6.45) is 0. The highest BCUT2D eigenvalue weighted by atomic mass is 32.1. The summed E-state index contributed by atoms with van der Waals surface area (Å²) in [7, 11) is 1.51. The summed E-state index contributed by atoms with van der Waals surface area (Å²) in [5.74, 6) is 0.359. The Morgan fingerprint density at radius 1 is 1.12 bits per heavy atom. The summed E-state index contributed by atoms with van der Waals surface area (Å²) in [5, 5.41) is 3.15. The van der Waals surface area contributed by atoms with Gasteiger partial charge in [0.25, 0.3) is 5.91 Å². The number of ether oxygens (including phenoxy) is 2. The topological polar surface area (TPSA) is 71.6 Å². The van der Waals surface area contributed by atoms with Crippen molar-refractivity contribution in [1.82, 2.24) is 16.2 Å². The third-order valence-electron chi connectivity index (χ3n) is 3.38. The maximum absolute atomic E-state index is 12.9. The van der Waals surface area contributed by atoms with Crippen LogP contribution in [0, 0.1) is 5.82 Å². The van der Waals surface area contributed by atoms with E-state index in [-0.39, 0.29) is 16.8 Å². The Morgan fingerprint density at radius 3 is 2.50 bits per heavy atom. The summed E-state index contributed by atoms with van der Waals surface area (Å²) in [6.45, 7) is 2.76. The lowest BCUT2D eigenvalue weighted by Gasteiger charge is -2.13. The predicted octanol–water partition coefficient (Wildman–Crippen LogP) is 2.54. The molecule has 0 radical (unpaired) electrons. The van der Waals surface area contributed by atoms with Crippen LogP contribution < -0.4 is 25.6 Å². The molecule has 0 aliphatic rings. The number of benzene rings is 2. The van der Waals surface area contributed by atoms with Gasteiger partial charge in [0.05, 0.1) is 13.7 Å². The Morgan fingerprint density at radius 2 is 1.85 bits per heavy atom. The van der Waals surface area contributed by atoms with Crippen LogP contribution in [0.25, 0.3) is 0 Å². The van der Waals surface area contributed by atoms with E-state index in [0.29, 0.717) is 30.2 Å². The van der Waals surface area contributed by atoms with Crippen molar-refractivity contribution >= 4 is 23.2 Å². The van der Waals surface area contributed by atoms with E-state index >= 15 is 0 Å². The first-order valence-electron chi connectivity index (χ1n) is 7.93. The van der Waals surface area contributed by atoms with E-state index in [9.17, 15) is 9.18 Å². The van der Waals surface area contributed by atoms with Crippen molar-refractivity contribution in [3.63, 3.8) is 0 Å². The number of thiocarbonyl (C=S) groups is 1. The number of hydrogen-bond donors (Lipinski definition) is 3. The van der Waals surface area contributed by atoms with E-state index in [1.54, 1.807) is 30.3 Å². The Bertz CT molecular complexity index is 769. The van der Waals surface area contributed by atoms with Crippen LogP contribution in [0.2, 0.25) is 0 Å². The molecule has 2 rings (SSSR count). The molecule has 0 unspecified atom stereocenters. The molecule has 0 saturated heterocycles. The minimum atomic E-state index is -0.378. The summed E-state index contributed by atoms with van der Waals surface area (Å²) >= 11 is 5.10. The van der Waals surface area contributed by atoms with Crippen molar-refractivity contribution in [2.24, 2.45) is 0 Å². The lowest BCUT2D eigenvalue weighted by Crippen LogP contribution is -2.46.